The van der Waals surface area contributed by atoms with Crippen molar-refractivity contribution in [2.75, 3.05) is 10.7 Å². The number of rotatable bonds is 3. The summed E-state index contributed by atoms with van der Waals surface area (Å²) < 4.78 is 1.98. The summed E-state index contributed by atoms with van der Waals surface area (Å²) in [7, 11) is 1.97. The number of carbonyl (C=O) groups excluding carboxylic acids is 2. The van der Waals surface area contributed by atoms with Crippen LogP contribution in [-0.2, 0) is 11.8 Å². The largest absolute Gasteiger partial charge is 0.329 e. The molecule has 2 aliphatic heterocycles. The van der Waals surface area contributed by atoms with Crippen LogP contribution in [0.1, 0.15) is 35.3 Å². The molecule has 1 amide bonds. The summed E-state index contributed by atoms with van der Waals surface area (Å²) in [6.07, 6.45) is 5.80. The molecule has 128 valence electrons. The van der Waals surface area contributed by atoms with E-state index in [9.17, 15) is 9.59 Å². The van der Waals surface area contributed by atoms with E-state index in [1.165, 1.54) is 0 Å². The molecule has 4 rings (SSSR count). The monoisotopic (exact) mass is 353 g/mol. The fourth-order valence-electron chi connectivity index (χ4n) is 3.65. The Morgan fingerprint density at radius 2 is 2.00 bits per heavy atom. The number of ketones is 1. The number of aromatic nitrogens is 2. The number of aryl methyl sites for hydroxylation is 2. The second-order valence-electron chi connectivity index (χ2n) is 7.06. The Hall–Kier alpha value is -2.34. The van der Waals surface area contributed by atoms with E-state index in [0.717, 1.165) is 33.3 Å². The quantitative estimate of drug-likeness (QED) is 0.628. The van der Waals surface area contributed by atoms with Gasteiger partial charge in [-0.05, 0) is 31.9 Å². The number of amides is 1. The molecule has 2 aromatic rings. The Balaban J connectivity index is 1.81. The molecule has 0 N–H and O–H groups in total. The molecule has 0 atom stereocenters. The summed E-state index contributed by atoms with van der Waals surface area (Å²) >= 11 is 1.65. The Labute approximate surface area is 150 Å². The molecule has 25 heavy (non-hydrogen) atoms. The molecule has 5 nitrogen and oxygen atoms in total. The highest BCUT2D eigenvalue weighted by Gasteiger charge is 2.47. The van der Waals surface area contributed by atoms with E-state index in [1.807, 2.05) is 50.7 Å². The Morgan fingerprint density at radius 3 is 2.68 bits per heavy atom. The highest BCUT2D eigenvalue weighted by molar-refractivity contribution is 7.99. The number of thioether (sulfide) groups is 1. The van der Waals surface area contributed by atoms with Gasteiger partial charge in [0.25, 0.3) is 11.7 Å². The van der Waals surface area contributed by atoms with Crippen molar-refractivity contribution in [1.82, 2.24) is 9.55 Å². The third kappa shape index (κ3) is 2.28. The predicted molar refractivity (Wildman–Crippen MR) is 99.0 cm³/mol. The van der Waals surface area contributed by atoms with Gasteiger partial charge in [0, 0.05) is 30.8 Å². The molecule has 0 aliphatic carbocycles. The highest BCUT2D eigenvalue weighted by atomic mass is 32.2. The standard InChI is InChI=1S/C19H19N3O2S/c1-11-5-6-13-12(10-25-18-20-7-8-21(18)4)9-19(2,3)22-15(13)14(11)16(23)17(22)24/h5-9H,10H2,1-4H3. The van der Waals surface area contributed by atoms with Crippen LogP contribution in [0.4, 0.5) is 5.69 Å². The van der Waals surface area contributed by atoms with Gasteiger partial charge in [-0.2, -0.15) is 0 Å². The van der Waals surface area contributed by atoms with Gasteiger partial charge in [-0.25, -0.2) is 4.98 Å². The van der Waals surface area contributed by atoms with Crippen molar-refractivity contribution in [2.24, 2.45) is 7.05 Å². The van der Waals surface area contributed by atoms with Gasteiger partial charge in [0.1, 0.15) is 0 Å². The smallest absolute Gasteiger partial charge is 0.300 e. The summed E-state index contributed by atoms with van der Waals surface area (Å²) in [4.78, 5) is 31.1. The minimum Gasteiger partial charge on any atom is -0.329 e. The molecule has 6 heteroatoms. The van der Waals surface area contributed by atoms with E-state index >= 15 is 0 Å². The molecule has 0 saturated heterocycles. The number of hydrogen-bond donors (Lipinski definition) is 0. The van der Waals surface area contributed by atoms with Crippen molar-refractivity contribution >= 4 is 34.7 Å². The fourth-order valence-corrected chi connectivity index (χ4v) is 4.57. The van der Waals surface area contributed by atoms with Crippen molar-refractivity contribution in [3.63, 3.8) is 0 Å². The van der Waals surface area contributed by atoms with Crippen molar-refractivity contribution in [1.29, 1.82) is 0 Å². The average Bonchev–Trinajstić information content (AvgIpc) is 3.07. The summed E-state index contributed by atoms with van der Waals surface area (Å²) in [5.41, 5.74) is 3.76. The van der Waals surface area contributed by atoms with Gasteiger partial charge >= 0.3 is 0 Å². The lowest BCUT2D eigenvalue weighted by Crippen LogP contribution is -2.47. The number of imidazole rings is 1. The summed E-state index contributed by atoms with van der Waals surface area (Å²) in [5, 5.41) is 0.942. The second-order valence-corrected chi connectivity index (χ2v) is 8.00. The van der Waals surface area contributed by atoms with E-state index in [2.05, 4.69) is 11.1 Å². The van der Waals surface area contributed by atoms with Crippen LogP contribution in [0.5, 0.6) is 0 Å². The number of benzene rings is 1. The molecule has 2 aliphatic rings. The molecule has 1 aromatic heterocycles. The van der Waals surface area contributed by atoms with E-state index < -0.39 is 17.2 Å². The lowest BCUT2D eigenvalue weighted by Gasteiger charge is -2.39. The molecule has 0 spiro atoms. The maximum absolute atomic E-state index is 12.6. The van der Waals surface area contributed by atoms with Crippen LogP contribution in [-0.4, -0.2) is 32.5 Å². The first-order valence-electron chi connectivity index (χ1n) is 8.16. The molecule has 0 radical (unpaired) electrons. The maximum Gasteiger partial charge on any atom is 0.300 e. The summed E-state index contributed by atoms with van der Waals surface area (Å²) in [5.74, 6) is -0.0866. The number of carbonyl (C=O) groups is 2. The number of anilines is 1. The first kappa shape index (κ1) is 16.1. The van der Waals surface area contributed by atoms with Crippen LogP contribution in [0.25, 0.3) is 5.57 Å². The Bertz CT molecular complexity index is 956. The molecule has 3 heterocycles. The Kier molecular flexibility index (Phi) is 3.44. The van der Waals surface area contributed by atoms with Crippen molar-refractivity contribution in [2.45, 2.75) is 31.5 Å². The van der Waals surface area contributed by atoms with Crippen LogP contribution >= 0.6 is 11.8 Å². The number of hydrogen-bond acceptors (Lipinski definition) is 4. The second kappa shape index (κ2) is 5.33. The van der Waals surface area contributed by atoms with Gasteiger partial charge < -0.3 is 4.57 Å². The molecule has 0 fully saturated rings. The highest BCUT2D eigenvalue weighted by Crippen LogP contribution is 2.47. The zero-order valence-electron chi connectivity index (χ0n) is 14.7. The van der Waals surface area contributed by atoms with Crippen LogP contribution in [0, 0.1) is 6.92 Å². The van der Waals surface area contributed by atoms with Crippen LogP contribution < -0.4 is 4.90 Å². The minimum atomic E-state index is -0.531. The van der Waals surface area contributed by atoms with E-state index in [0.29, 0.717) is 5.56 Å². The van der Waals surface area contributed by atoms with E-state index in [1.54, 1.807) is 22.9 Å². The van der Waals surface area contributed by atoms with E-state index in [4.69, 9.17) is 0 Å². The zero-order chi connectivity index (χ0) is 17.9. The van der Waals surface area contributed by atoms with Crippen LogP contribution in [0.15, 0.2) is 35.8 Å². The lowest BCUT2D eigenvalue weighted by atomic mass is 9.88. The topological polar surface area (TPSA) is 55.2 Å². The van der Waals surface area contributed by atoms with Crippen molar-refractivity contribution in [3.05, 3.63) is 47.3 Å². The maximum atomic E-state index is 12.6. The van der Waals surface area contributed by atoms with Crippen LogP contribution in [0.2, 0.25) is 0 Å². The summed E-state index contributed by atoms with van der Waals surface area (Å²) in [6.45, 7) is 5.84. The first-order valence-corrected chi connectivity index (χ1v) is 9.14. The van der Waals surface area contributed by atoms with E-state index in [-0.39, 0.29) is 0 Å². The third-order valence-electron chi connectivity index (χ3n) is 4.82. The molecule has 0 bridgehead atoms. The van der Waals surface area contributed by atoms with Crippen molar-refractivity contribution in [3.8, 4) is 0 Å². The predicted octanol–water partition coefficient (Wildman–Crippen LogP) is 3.23. The average molecular weight is 353 g/mol. The lowest BCUT2D eigenvalue weighted by molar-refractivity contribution is -0.115. The first-order chi connectivity index (χ1) is 11.8. The molecule has 0 unspecified atom stereocenters. The number of nitrogens with zero attached hydrogens (tertiary/aromatic N) is 3. The minimum absolute atomic E-state index is 0.395. The molecular formula is C19H19N3O2S. The SMILES string of the molecule is Cc1ccc2c3c1C(=O)C(=O)N3C(C)(C)C=C2CSc1nccn1C. The van der Waals surface area contributed by atoms with Gasteiger partial charge in [0.2, 0.25) is 0 Å². The Morgan fingerprint density at radius 1 is 1.24 bits per heavy atom. The molecule has 1 aromatic carbocycles. The zero-order valence-corrected chi connectivity index (χ0v) is 15.5. The third-order valence-corrected chi connectivity index (χ3v) is 5.92. The molecular weight excluding hydrogens is 334 g/mol. The van der Waals surface area contributed by atoms with Gasteiger partial charge in [-0.3, -0.25) is 14.5 Å². The van der Waals surface area contributed by atoms with Gasteiger partial charge in [0.05, 0.1) is 16.8 Å². The number of Topliss-reactive ketones (excluding diaryl/α,β-unsaturated/α-hetero) is 1. The van der Waals surface area contributed by atoms with Gasteiger partial charge in [-0.1, -0.05) is 30.0 Å². The van der Waals surface area contributed by atoms with Crippen LogP contribution in [0.3, 0.4) is 0 Å². The van der Waals surface area contributed by atoms with Gasteiger partial charge in [0.15, 0.2) is 5.16 Å². The normalized spacial score (nSPS) is 17.8. The fraction of sp³-hybridized carbons (Fsp3) is 0.316. The summed E-state index contributed by atoms with van der Waals surface area (Å²) in [6, 6.07) is 3.95. The van der Waals surface area contributed by atoms with Crippen molar-refractivity contribution < 1.29 is 9.59 Å². The van der Waals surface area contributed by atoms with Gasteiger partial charge in [-0.15, -0.1) is 0 Å². The molecule has 0 saturated carbocycles.